The van der Waals surface area contributed by atoms with E-state index in [-0.39, 0.29) is 16.9 Å². The van der Waals surface area contributed by atoms with Crippen molar-refractivity contribution in [3.8, 4) is 0 Å². The van der Waals surface area contributed by atoms with Gasteiger partial charge in [-0.1, -0.05) is 24.3 Å². The van der Waals surface area contributed by atoms with Gasteiger partial charge in [0.2, 0.25) is 5.43 Å². The number of aromatic nitrogens is 2. The van der Waals surface area contributed by atoms with Crippen LogP contribution in [-0.2, 0) is 0 Å². The van der Waals surface area contributed by atoms with Gasteiger partial charge < -0.3 is 9.80 Å². The minimum atomic E-state index is -0.398. The number of nitrogens with zero attached hydrogens (tertiary/aromatic N) is 3. The number of para-hydroxylation sites is 2. The van der Waals surface area contributed by atoms with Crippen molar-refractivity contribution in [2.45, 2.75) is 0 Å². The normalized spacial score (nSPS) is 14.7. The second kappa shape index (κ2) is 6.59. The Kier molecular flexibility index (Phi) is 4.12. The van der Waals surface area contributed by atoms with E-state index in [0.717, 1.165) is 0 Å². The van der Waals surface area contributed by atoms with Gasteiger partial charge in [-0.05, 0) is 24.3 Å². The van der Waals surface area contributed by atoms with Crippen LogP contribution >= 0.6 is 0 Å². The molecule has 1 amide bonds. The molecule has 0 radical (unpaired) electrons. The molecular formula is C19H17FN4O2. The second-order valence-corrected chi connectivity index (χ2v) is 6.18. The Morgan fingerprint density at radius 3 is 2.46 bits per heavy atom. The molecule has 1 aliphatic heterocycles. The highest BCUT2D eigenvalue weighted by Crippen LogP contribution is 2.20. The van der Waals surface area contributed by atoms with Crippen LogP contribution in [0, 0.1) is 5.82 Å². The maximum atomic E-state index is 13.9. The minimum absolute atomic E-state index is 0.108. The summed E-state index contributed by atoms with van der Waals surface area (Å²) in [6.45, 7) is 1.80. The zero-order valence-corrected chi connectivity index (χ0v) is 14.0. The standard InChI is InChI=1S/C19H17FN4O2/c20-14-6-2-4-8-16(14)23-9-11-24(12-10-23)19(26)17-18(25)13-5-1-3-7-15(13)21-22-17/h1-8H,9-12H2,(H,21,25). The molecule has 3 aromatic rings. The summed E-state index contributed by atoms with van der Waals surface area (Å²) in [5, 5.41) is 7.18. The molecule has 4 rings (SSSR count). The number of fused-ring (bicyclic) bond motifs is 1. The van der Waals surface area contributed by atoms with Crippen LogP contribution in [0.4, 0.5) is 10.1 Å². The number of halogens is 1. The molecule has 6 nitrogen and oxygen atoms in total. The first-order valence-electron chi connectivity index (χ1n) is 8.41. The molecule has 7 heteroatoms. The Balaban J connectivity index is 1.53. The Bertz CT molecular complexity index is 1030. The molecule has 26 heavy (non-hydrogen) atoms. The molecule has 0 unspecified atom stereocenters. The first-order chi connectivity index (χ1) is 12.6. The topological polar surface area (TPSA) is 69.3 Å². The van der Waals surface area contributed by atoms with Gasteiger partial charge in [0.05, 0.1) is 11.2 Å². The van der Waals surface area contributed by atoms with E-state index in [1.807, 2.05) is 4.90 Å². The largest absolute Gasteiger partial charge is 0.366 e. The maximum absolute atomic E-state index is 13.9. The number of carbonyl (C=O) groups excluding carboxylic acids is 1. The first-order valence-corrected chi connectivity index (χ1v) is 8.41. The molecule has 1 saturated heterocycles. The lowest BCUT2D eigenvalue weighted by Gasteiger charge is -2.35. The van der Waals surface area contributed by atoms with Crippen LogP contribution < -0.4 is 10.3 Å². The third-order valence-corrected chi connectivity index (χ3v) is 4.64. The average Bonchev–Trinajstić information content (AvgIpc) is 2.69. The van der Waals surface area contributed by atoms with E-state index in [0.29, 0.717) is 42.8 Å². The lowest BCUT2D eigenvalue weighted by atomic mass is 10.2. The molecule has 0 aliphatic carbocycles. The van der Waals surface area contributed by atoms with Crippen molar-refractivity contribution in [1.82, 2.24) is 15.1 Å². The summed E-state index contributed by atoms with van der Waals surface area (Å²) >= 11 is 0. The van der Waals surface area contributed by atoms with Crippen LogP contribution in [-0.4, -0.2) is 47.2 Å². The predicted octanol–water partition coefficient (Wildman–Crippen LogP) is 2.02. The van der Waals surface area contributed by atoms with Crippen molar-refractivity contribution >= 4 is 22.5 Å². The fourth-order valence-corrected chi connectivity index (χ4v) is 3.23. The van der Waals surface area contributed by atoms with Crippen molar-refractivity contribution in [2.24, 2.45) is 0 Å². The van der Waals surface area contributed by atoms with Crippen LogP contribution in [0.15, 0.2) is 53.3 Å². The number of carbonyl (C=O) groups is 1. The molecule has 1 fully saturated rings. The summed E-state index contributed by atoms with van der Waals surface area (Å²) < 4.78 is 13.9. The lowest BCUT2D eigenvalue weighted by Crippen LogP contribution is -2.50. The Morgan fingerprint density at radius 2 is 1.69 bits per heavy atom. The van der Waals surface area contributed by atoms with Gasteiger partial charge in [-0.25, -0.2) is 4.39 Å². The van der Waals surface area contributed by atoms with E-state index in [2.05, 4.69) is 10.2 Å². The minimum Gasteiger partial charge on any atom is -0.366 e. The highest BCUT2D eigenvalue weighted by atomic mass is 19.1. The van der Waals surface area contributed by atoms with Crippen LogP contribution in [0.2, 0.25) is 0 Å². The van der Waals surface area contributed by atoms with Gasteiger partial charge in [-0.15, -0.1) is 0 Å². The zero-order chi connectivity index (χ0) is 18.1. The van der Waals surface area contributed by atoms with Crippen molar-refractivity contribution in [2.75, 3.05) is 31.1 Å². The fourth-order valence-electron chi connectivity index (χ4n) is 3.23. The molecule has 1 N–H and O–H groups in total. The Labute approximate surface area is 148 Å². The van der Waals surface area contributed by atoms with E-state index in [1.54, 1.807) is 47.4 Å². The lowest BCUT2D eigenvalue weighted by molar-refractivity contribution is 0.0738. The van der Waals surface area contributed by atoms with Crippen molar-refractivity contribution in [3.63, 3.8) is 0 Å². The smallest absolute Gasteiger partial charge is 0.278 e. The summed E-state index contributed by atoms with van der Waals surface area (Å²) in [5.41, 5.74) is 0.642. The number of hydrogen-bond acceptors (Lipinski definition) is 4. The molecule has 2 heterocycles. The van der Waals surface area contributed by atoms with Crippen LogP contribution in [0.3, 0.4) is 0 Å². The molecule has 0 spiro atoms. The highest BCUT2D eigenvalue weighted by molar-refractivity contribution is 5.95. The highest BCUT2D eigenvalue weighted by Gasteiger charge is 2.26. The van der Waals surface area contributed by atoms with Gasteiger partial charge in [-0.3, -0.25) is 14.7 Å². The molecule has 0 saturated carbocycles. The van der Waals surface area contributed by atoms with E-state index < -0.39 is 5.91 Å². The van der Waals surface area contributed by atoms with Gasteiger partial charge in [0.1, 0.15) is 5.82 Å². The summed E-state index contributed by atoms with van der Waals surface area (Å²) in [4.78, 5) is 28.8. The van der Waals surface area contributed by atoms with E-state index in [9.17, 15) is 14.0 Å². The van der Waals surface area contributed by atoms with E-state index in [4.69, 9.17) is 0 Å². The summed E-state index contributed by atoms with van der Waals surface area (Å²) in [7, 11) is 0. The number of H-pyrrole nitrogens is 1. The number of aromatic amines is 1. The number of anilines is 1. The molecule has 1 aromatic heterocycles. The van der Waals surface area contributed by atoms with Gasteiger partial charge >= 0.3 is 0 Å². The van der Waals surface area contributed by atoms with Crippen molar-refractivity contribution in [1.29, 1.82) is 0 Å². The molecule has 0 atom stereocenters. The summed E-state index contributed by atoms with van der Waals surface area (Å²) in [6, 6.07) is 13.5. The van der Waals surface area contributed by atoms with E-state index >= 15 is 0 Å². The molecular weight excluding hydrogens is 335 g/mol. The van der Waals surface area contributed by atoms with Gasteiger partial charge in [0.25, 0.3) is 5.91 Å². The predicted molar refractivity (Wildman–Crippen MR) is 96.9 cm³/mol. The number of benzene rings is 2. The first kappa shape index (κ1) is 16.3. The zero-order valence-electron chi connectivity index (χ0n) is 14.0. The maximum Gasteiger partial charge on any atom is 0.278 e. The number of piperazine rings is 1. The SMILES string of the molecule is O=C(c1n[nH]c2ccccc2c1=O)N1CCN(c2ccccc2F)CC1. The van der Waals surface area contributed by atoms with Crippen molar-refractivity contribution in [3.05, 3.63) is 70.3 Å². The molecule has 132 valence electrons. The number of amides is 1. The van der Waals surface area contributed by atoms with Gasteiger partial charge in [0.15, 0.2) is 5.69 Å². The molecule has 2 aromatic carbocycles. The Hall–Kier alpha value is -3.22. The number of nitrogens with one attached hydrogen (secondary N) is 1. The summed E-state index contributed by atoms with van der Waals surface area (Å²) in [5.74, 6) is -0.676. The van der Waals surface area contributed by atoms with Crippen LogP contribution in [0.25, 0.3) is 10.9 Å². The second-order valence-electron chi connectivity index (χ2n) is 6.18. The van der Waals surface area contributed by atoms with Gasteiger partial charge in [0, 0.05) is 31.6 Å². The third-order valence-electron chi connectivity index (χ3n) is 4.64. The van der Waals surface area contributed by atoms with Crippen molar-refractivity contribution < 1.29 is 9.18 Å². The summed E-state index contributed by atoms with van der Waals surface area (Å²) in [6.07, 6.45) is 0. The number of hydrogen-bond donors (Lipinski definition) is 1. The Morgan fingerprint density at radius 1 is 1.00 bits per heavy atom. The number of rotatable bonds is 2. The van der Waals surface area contributed by atoms with Gasteiger partial charge in [-0.2, -0.15) is 5.10 Å². The molecule has 0 bridgehead atoms. The fraction of sp³-hybridized carbons (Fsp3) is 0.211. The average molecular weight is 352 g/mol. The van der Waals surface area contributed by atoms with E-state index in [1.165, 1.54) is 6.07 Å². The molecule has 1 aliphatic rings. The monoisotopic (exact) mass is 352 g/mol. The van der Waals surface area contributed by atoms with Crippen LogP contribution in [0.1, 0.15) is 10.5 Å². The van der Waals surface area contributed by atoms with Crippen LogP contribution in [0.5, 0.6) is 0 Å². The quantitative estimate of drug-likeness (QED) is 0.766. The third kappa shape index (κ3) is 2.81.